The Hall–Kier alpha value is -1.16. The molecule has 1 N–H and O–H groups in total. The highest BCUT2D eigenvalue weighted by Crippen LogP contribution is 2.23. The summed E-state index contributed by atoms with van der Waals surface area (Å²) in [6, 6.07) is 2.88. The molecule has 0 bridgehead atoms. The van der Waals surface area contributed by atoms with Crippen molar-refractivity contribution in [2.24, 2.45) is 0 Å². The molecule has 5 nitrogen and oxygen atoms in total. The molecule has 0 aromatic carbocycles. The highest BCUT2D eigenvalue weighted by Gasteiger charge is 2.20. The lowest BCUT2D eigenvalue weighted by Crippen LogP contribution is -2.28. The highest BCUT2D eigenvalue weighted by atomic mass is 32.1. The van der Waals surface area contributed by atoms with Gasteiger partial charge in [-0.2, -0.15) is 5.26 Å². The smallest absolute Gasteiger partial charge is 0.185 e. The Labute approximate surface area is 118 Å². The molecule has 1 saturated carbocycles. The molecule has 0 unspecified atom stereocenters. The number of methoxy groups -OCH3 is 1. The Morgan fingerprint density at radius 2 is 2.42 bits per heavy atom. The Morgan fingerprint density at radius 1 is 1.58 bits per heavy atom. The van der Waals surface area contributed by atoms with Crippen LogP contribution in [-0.2, 0) is 11.3 Å². The molecule has 1 aromatic rings. The van der Waals surface area contributed by atoms with Crippen LogP contribution < -0.4 is 10.2 Å². The molecule has 0 atom stereocenters. The number of ether oxygens (including phenoxy) is 1. The largest absolute Gasteiger partial charge is 0.383 e. The molecular formula is C13H20N4OS. The summed E-state index contributed by atoms with van der Waals surface area (Å²) in [6.45, 7) is 2.99. The first kappa shape index (κ1) is 14.3. The normalized spacial score (nSPS) is 14.3. The first-order valence-corrected chi connectivity index (χ1v) is 7.50. The number of hydrogen-bond acceptors (Lipinski definition) is 6. The number of hydrogen-bond donors (Lipinski definition) is 1. The third-order valence-corrected chi connectivity index (χ3v) is 3.97. The molecule has 19 heavy (non-hydrogen) atoms. The van der Waals surface area contributed by atoms with Crippen LogP contribution in [0, 0.1) is 11.3 Å². The number of aromatic nitrogens is 1. The molecule has 0 radical (unpaired) electrons. The fraction of sp³-hybridized carbons (Fsp3) is 0.692. The molecule has 1 fully saturated rings. The van der Waals surface area contributed by atoms with Crippen molar-refractivity contribution in [3.05, 3.63) is 11.1 Å². The molecule has 1 aliphatic rings. The third kappa shape index (κ3) is 4.78. The molecule has 0 spiro atoms. The number of nitriles is 1. The van der Waals surface area contributed by atoms with E-state index in [2.05, 4.69) is 26.6 Å². The number of nitrogens with zero attached hydrogens (tertiary/aromatic N) is 3. The van der Waals surface area contributed by atoms with E-state index < -0.39 is 0 Å². The van der Waals surface area contributed by atoms with Crippen LogP contribution in [0.1, 0.15) is 25.0 Å². The lowest BCUT2D eigenvalue weighted by molar-refractivity contribution is 0.205. The van der Waals surface area contributed by atoms with Gasteiger partial charge in [-0.05, 0) is 12.8 Å². The predicted octanol–water partition coefficient (Wildman–Crippen LogP) is 1.76. The average Bonchev–Trinajstić information content (AvgIpc) is 3.14. The average molecular weight is 280 g/mol. The van der Waals surface area contributed by atoms with Crippen molar-refractivity contribution in [2.75, 3.05) is 31.7 Å². The van der Waals surface area contributed by atoms with Crippen molar-refractivity contribution in [3.8, 4) is 6.07 Å². The van der Waals surface area contributed by atoms with Gasteiger partial charge in [-0.1, -0.05) is 0 Å². The van der Waals surface area contributed by atoms with E-state index in [1.54, 1.807) is 18.4 Å². The van der Waals surface area contributed by atoms with E-state index in [4.69, 9.17) is 10.00 Å². The maximum absolute atomic E-state index is 8.71. The molecule has 0 aliphatic heterocycles. The van der Waals surface area contributed by atoms with Crippen molar-refractivity contribution >= 4 is 16.5 Å². The third-order valence-electron chi connectivity index (χ3n) is 3.02. The second kappa shape index (κ2) is 7.43. The summed E-state index contributed by atoms with van der Waals surface area (Å²) in [5, 5.41) is 15.3. The number of nitrogens with one attached hydrogen (secondary N) is 1. The van der Waals surface area contributed by atoms with Gasteiger partial charge in [-0.25, -0.2) is 4.98 Å². The summed E-state index contributed by atoms with van der Waals surface area (Å²) >= 11 is 1.64. The Bertz CT molecular complexity index is 425. The van der Waals surface area contributed by atoms with Gasteiger partial charge in [-0.3, -0.25) is 0 Å². The minimum absolute atomic E-state index is 0.513. The monoisotopic (exact) mass is 280 g/mol. The zero-order chi connectivity index (χ0) is 13.5. The zero-order valence-electron chi connectivity index (χ0n) is 11.3. The predicted molar refractivity (Wildman–Crippen MR) is 76.3 cm³/mol. The Morgan fingerprint density at radius 3 is 3.11 bits per heavy atom. The standard InChI is InChI=1S/C13H20N4OS/c1-18-8-7-17(6-2-5-14)13-16-12(10-19-13)9-15-11-3-4-11/h10-11,15H,2-4,6-9H2,1H3. The second-order valence-electron chi connectivity index (χ2n) is 4.66. The molecule has 1 aromatic heterocycles. The van der Waals surface area contributed by atoms with Crippen LogP contribution in [0.15, 0.2) is 5.38 Å². The van der Waals surface area contributed by atoms with Crippen LogP contribution in [0.2, 0.25) is 0 Å². The number of anilines is 1. The van der Waals surface area contributed by atoms with Crippen LogP contribution in [0.5, 0.6) is 0 Å². The zero-order valence-corrected chi connectivity index (χ0v) is 12.1. The molecule has 2 rings (SSSR count). The molecule has 104 valence electrons. The highest BCUT2D eigenvalue weighted by molar-refractivity contribution is 7.13. The summed E-state index contributed by atoms with van der Waals surface area (Å²) < 4.78 is 5.11. The summed E-state index contributed by atoms with van der Waals surface area (Å²) in [6.07, 6.45) is 3.09. The van der Waals surface area contributed by atoms with E-state index in [1.807, 2.05) is 0 Å². The van der Waals surface area contributed by atoms with Crippen molar-refractivity contribution in [2.45, 2.75) is 31.8 Å². The van der Waals surface area contributed by atoms with Gasteiger partial charge in [0.25, 0.3) is 0 Å². The quantitative estimate of drug-likeness (QED) is 0.747. The lowest BCUT2D eigenvalue weighted by Gasteiger charge is -2.19. The molecule has 1 heterocycles. The summed E-state index contributed by atoms with van der Waals surface area (Å²) in [5.74, 6) is 0. The van der Waals surface area contributed by atoms with Crippen LogP contribution in [-0.4, -0.2) is 37.8 Å². The van der Waals surface area contributed by atoms with Crippen molar-refractivity contribution in [1.82, 2.24) is 10.3 Å². The fourth-order valence-corrected chi connectivity index (χ4v) is 2.63. The van der Waals surface area contributed by atoms with Gasteiger partial charge < -0.3 is 15.0 Å². The Balaban J connectivity index is 1.88. The number of rotatable bonds is 9. The van der Waals surface area contributed by atoms with Crippen molar-refractivity contribution in [3.63, 3.8) is 0 Å². The van der Waals surface area contributed by atoms with E-state index >= 15 is 0 Å². The second-order valence-corrected chi connectivity index (χ2v) is 5.50. The SMILES string of the molecule is COCCN(CCC#N)c1nc(CNC2CC2)cs1. The topological polar surface area (TPSA) is 61.2 Å². The minimum atomic E-state index is 0.513. The number of thiazole rings is 1. The van der Waals surface area contributed by atoms with E-state index in [-0.39, 0.29) is 0 Å². The van der Waals surface area contributed by atoms with E-state index in [0.29, 0.717) is 25.6 Å². The molecule has 0 amide bonds. The van der Waals surface area contributed by atoms with Crippen LogP contribution >= 0.6 is 11.3 Å². The summed E-state index contributed by atoms with van der Waals surface area (Å²) in [4.78, 5) is 6.76. The first-order chi connectivity index (χ1) is 9.33. The molecule has 6 heteroatoms. The Kier molecular flexibility index (Phi) is 5.58. The van der Waals surface area contributed by atoms with Gasteiger partial charge in [0.1, 0.15) is 0 Å². The van der Waals surface area contributed by atoms with Crippen molar-refractivity contribution in [1.29, 1.82) is 5.26 Å². The minimum Gasteiger partial charge on any atom is -0.383 e. The maximum Gasteiger partial charge on any atom is 0.185 e. The van der Waals surface area contributed by atoms with E-state index in [1.165, 1.54) is 12.8 Å². The molecule has 0 saturated heterocycles. The maximum atomic E-state index is 8.71. The van der Waals surface area contributed by atoms with Crippen LogP contribution in [0.4, 0.5) is 5.13 Å². The van der Waals surface area contributed by atoms with Gasteiger partial charge in [0, 0.05) is 38.2 Å². The molecular weight excluding hydrogens is 260 g/mol. The summed E-state index contributed by atoms with van der Waals surface area (Å²) in [5.41, 5.74) is 1.09. The summed E-state index contributed by atoms with van der Waals surface area (Å²) in [7, 11) is 1.69. The van der Waals surface area contributed by atoms with Gasteiger partial charge in [0.15, 0.2) is 5.13 Å². The lowest BCUT2D eigenvalue weighted by atomic mass is 10.4. The van der Waals surface area contributed by atoms with Crippen molar-refractivity contribution < 1.29 is 4.74 Å². The van der Waals surface area contributed by atoms with Gasteiger partial charge >= 0.3 is 0 Å². The fourth-order valence-electron chi connectivity index (χ4n) is 1.75. The van der Waals surface area contributed by atoms with Gasteiger partial charge in [-0.15, -0.1) is 11.3 Å². The van der Waals surface area contributed by atoms with Crippen LogP contribution in [0.3, 0.4) is 0 Å². The van der Waals surface area contributed by atoms with Crippen LogP contribution in [0.25, 0.3) is 0 Å². The first-order valence-electron chi connectivity index (χ1n) is 6.62. The van der Waals surface area contributed by atoms with Gasteiger partial charge in [0.2, 0.25) is 0 Å². The van der Waals surface area contributed by atoms with E-state index in [9.17, 15) is 0 Å². The van der Waals surface area contributed by atoms with Gasteiger partial charge in [0.05, 0.1) is 24.8 Å². The molecule has 1 aliphatic carbocycles. The van der Waals surface area contributed by atoms with E-state index in [0.717, 1.165) is 23.9 Å².